The molecule has 1 aromatic carbocycles. The van der Waals surface area contributed by atoms with E-state index in [4.69, 9.17) is 0 Å². The van der Waals surface area contributed by atoms with Gasteiger partial charge in [0.15, 0.2) is 0 Å². The summed E-state index contributed by atoms with van der Waals surface area (Å²) >= 11 is 0. The first-order chi connectivity index (χ1) is 12.2. The van der Waals surface area contributed by atoms with E-state index in [0.717, 1.165) is 41.7 Å². The smallest absolute Gasteiger partial charge is 0.318 e. The van der Waals surface area contributed by atoms with Gasteiger partial charge in [0.25, 0.3) is 0 Å². The molecule has 26 heavy (non-hydrogen) atoms. The van der Waals surface area contributed by atoms with Gasteiger partial charge in [0.05, 0.1) is 23.3 Å². The van der Waals surface area contributed by atoms with Gasteiger partial charge >= 0.3 is 6.03 Å². The van der Waals surface area contributed by atoms with E-state index in [0.29, 0.717) is 13.1 Å². The van der Waals surface area contributed by atoms with Crippen molar-refractivity contribution in [3.8, 4) is 0 Å². The third-order valence-corrected chi connectivity index (χ3v) is 5.90. The zero-order chi connectivity index (χ0) is 18.9. The second-order valence-electron chi connectivity index (χ2n) is 7.17. The minimum absolute atomic E-state index is 0.0198. The Labute approximate surface area is 154 Å². The number of imidazole rings is 1. The number of amides is 2. The number of sulfone groups is 1. The van der Waals surface area contributed by atoms with Gasteiger partial charge in [-0.3, -0.25) is 0 Å². The lowest BCUT2D eigenvalue weighted by molar-refractivity contribution is 0.158. The molecule has 1 aromatic heterocycles. The first-order valence-electron chi connectivity index (χ1n) is 8.89. The summed E-state index contributed by atoms with van der Waals surface area (Å²) in [6.45, 7) is 2.92. The molecule has 1 aliphatic heterocycles. The molecular weight excluding hydrogens is 352 g/mol. The molecule has 1 N–H and O–H groups in total. The van der Waals surface area contributed by atoms with Crippen LogP contribution in [0.4, 0.5) is 4.79 Å². The minimum atomic E-state index is -3.12. The lowest BCUT2D eigenvalue weighted by Gasteiger charge is -2.35. The number of nitrogens with one attached hydrogen (secondary N) is 1. The summed E-state index contributed by atoms with van der Waals surface area (Å²) in [6, 6.07) is 5.61. The molecule has 2 heterocycles. The van der Waals surface area contributed by atoms with Crippen LogP contribution in [0.25, 0.3) is 11.0 Å². The topological polar surface area (TPSA) is 84.3 Å². The van der Waals surface area contributed by atoms with E-state index in [9.17, 15) is 13.2 Å². The van der Waals surface area contributed by atoms with Crippen molar-refractivity contribution < 1.29 is 13.2 Å². The van der Waals surface area contributed by atoms with Crippen molar-refractivity contribution in [2.24, 2.45) is 7.05 Å². The Morgan fingerprint density at radius 3 is 2.85 bits per heavy atom. The van der Waals surface area contributed by atoms with Crippen LogP contribution in [0.15, 0.2) is 18.2 Å². The highest BCUT2D eigenvalue weighted by Gasteiger charge is 2.29. The lowest BCUT2D eigenvalue weighted by atomic mass is 10.0. The van der Waals surface area contributed by atoms with Gasteiger partial charge in [-0.15, -0.1) is 0 Å². The number of urea groups is 1. The molecule has 3 rings (SSSR count). The fourth-order valence-corrected chi connectivity index (χ4v) is 4.61. The second kappa shape index (κ2) is 7.26. The second-order valence-corrected chi connectivity index (χ2v) is 9.36. The zero-order valence-electron chi connectivity index (χ0n) is 15.5. The van der Waals surface area contributed by atoms with Crippen LogP contribution in [0.3, 0.4) is 0 Å². The van der Waals surface area contributed by atoms with Crippen molar-refractivity contribution in [2.45, 2.75) is 38.8 Å². The Bertz CT molecular complexity index is 920. The number of carbonyl (C=O) groups is 1. The van der Waals surface area contributed by atoms with Crippen molar-refractivity contribution in [2.75, 3.05) is 18.6 Å². The number of rotatable bonds is 4. The number of carbonyl (C=O) groups excluding carboxylic acids is 1. The molecule has 0 spiro atoms. The van der Waals surface area contributed by atoms with Gasteiger partial charge in [-0.25, -0.2) is 18.2 Å². The third kappa shape index (κ3) is 4.17. The van der Waals surface area contributed by atoms with Crippen molar-refractivity contribution in [3.05, 3.63) is 29.6 Å². The van der Waals surface area contributed by atoms with Crippen LogP contribution in [-0.4, -0.2) is 53.5 Å². The molecule has 7 nitrogen and oxygen atoms in total. The number of fused-ring (bicyclic) bond motifs is 1. The predicted molar refractivity (Wildman–Crippen MR) is 102 cm³/mol. The van der Waals surface area contributed by atoms with Gasteiger partial charge in [0.1, 0.15) is 15.7 Å². The number of piperidine rings is 1. The largest absolute Gasteiger partial charge is 0.331 e. The molecule has 1 atom stereocenters. The average molecular weight is 378 g/mol. The number of aromatic nitrogens is 2. The Balaban J connectivity index is 1.70. The van der Waals surface area contributed by atoms with Crippen LogP contribution < -0.4 is 5.32 Å². The van der Waals surface area contributed by atoms with Gasteiger partial charge in [-0.05, 0) is 43.9 Å². The molecular formula is C18H26N4O3S. The predicted octanol–water partition coefficient (Wildman–Crippen LogP) is 1.99. The third-order valence-electron chi connectivity index (χ3n) is 4.91. The van der Waals surface area contributed by atoms with E-state index in [-0.39, 0.29) is 17.8 Å². The first kappa shape index (κ1) is 18.7. The molecule has 0 bridgehead atoms. The lowest BCUT2D eigenvalue weighted by Crippen LogP contribution is -2.51. The number of benzene rings is 1. The summed E-state index contributed by atoms with van der Waals surface area (Å²) in [6.07, 6.45) is 3.80. The molecule has 1 fully saturated rings. The van der Waals surface area contributed by atoms with Crippen molar-refractivity contribution in [1.29, 1.82) is 0 Å². The molecule has 142 valence electrons. The average Bonchev–Trinajstić information content (AvgIpc) is 2.87. The normalized spacial score (nSPS) is 18.3. The van der Waals surface area contributed by atoms with E-state index in [1.807, 2.05) is 36.7 Å². The summed E-state index contributed by atoms with van der Waals surface area (Å²) < 4.78 is 25.3. The zero-order valence-corrected chi connectivity index (χ0v) is 16.3. The maximum absolute atomic E-state index is 12.6. The van der Waals surface area contributed by atoms with Crippen LogP contribution >= 0.6 is 0 Å². The number of aryl methyl sites for hydroxylation is 2. The quantitative estimate of drug-likeness (QED) is 0.882. The molecule has 1 aliphatic rings. The Hall–Kier alpha value is -2.09. The van der Waals surface area contributed by atoms with E-state index in [1.165, 1.54) is 6.26 Å². The monoisotopic (exact) mass is 378 g/mol. The summed E-state index contributed by atoms with van der Waals surface area (Å²) in [5.74, 6) is 0.794. The molecule has 0 unspecified atom stereocenters. The van der Waals surface area contributed by atoms with E-state index in [2.05, 4.69) is 10.3 Å². The van der Waals surface area contributed by atoms with Crippen molar-refractivity contribution in [3.63, 3.8) is 0 Å². The van der Waals surface area contributed by atoms with Crippen LogP contribution in [-0.2, 0) is 23.4 Å². The number of hydrogen-bond acceptors (Lipinski definition) is 4. The molecule has 0 saturated carbocycles. The summed E-state index contributed by atoms with van der Waals surface area (Å²) in [5, 5.41) is 2.91. The van der Waals surface area contributed by atoms with Crippen molar-refractivity contribution in [1.82, 2.24) is 19.8 Å². The Morgan fingerprint density at radius 2 is 2.12 bits per heavy atom. The molecule has 8 heteroatoms. The minimum Gasteiger partial charge on any atom is -0.331 e. The molecule has 0 radical (unpaired) electrons. The fourth-order valence-electron chi connectivity index (χ4n) is 3.56. The van der Waals surface area contributed by atoms with Crippen LogP contribution in [0.5, 0.6) is 0 Å². The van der Waals surface area contributed by atoms with Gasteiger partial charge in [-0.1, -0.05) is 6.07 Å². The van der Waals surface area contributed by atoms with Crippen LogP contribution in [0.2, 0.25) is 0 Å². The van der Waals surface area contributed by atoms with E-state index in [1.54, 1.807) is 4.90 Å². The standard InChI is InChI=1S/C18H26N4O3S/c1-13-7-8-16-15(10-13)20-17(21(16)2)11-19-18(23)22-9-5-4-6-14(22)12-26(3,24)25/h7-8,10,14H,4-6,9,11-12H2,1-3H3,(H,19,23)/t14-/m0/s1. The highest BCUT2D eigenvalue weighted by atomic mass is 32.2. The molecule has 1 saturated heterocycles. The van der Waals surface area contributed by atoms with E-state index < -0.39 is 9.84 Å². The van der Waals surface area contributed by atoms with Crippen LogP contribution in [0.1, 0.15) is 30.7 Å². The van der Waals surface area contributed by atoms with Gasteiger partial charge < -0.3 is 14.8 Å². The number of nitrogens with zero attached hydrogens (tertiary/aromatic N) is 3. The molecule has 2 aromatic rings. The Morgan fingerprint density at radius 1 is 1.35 bits per heavy atom. The Kier molecular flexibility index (Phi) is 5.22. The highest BCUT2D eigenvalue weighted by molar-refractivity contribution is 7.90. The van der Waals surface area contributed by atoms with Gasteiger partial charge in [-0.2, -0.15) is 0 Å². The maximum atomic E-state index is 12.6. The number of hydrogen-bond donors (Lipinski definition) is 1. The molecule has 0 aliphatic carbocycles. The number of likely N-dealkylation sites (tertiary alicyclic amines) is 1. The van der Waals surface area contributed by atoms with Gasteiger partial charge in [0.2, 0.25) is 0 Å². The summed E-state index contributed by atoms with van der Waals surface area (Å²) in [7, 11) is -1.19. The van der Waals surface area contributed by atoms with E-state index >= 15 is 0 Å². The van der Waals surface area contributed by atoms with Crippen LogP contribution in [0, 0.1) is 6.92 Å². The maximum Gasteiger partial charge on any atom is 0.318 e. The fraction of sp³-hybridized carbons (Fsp3) is 0.556. The SMILES string of the molecule is Cc1ccc2c(c1)nc(CNC(=O)N1CCCC[C@H]1CS(C)(=O)=O)n2C. The molecule has 2 amide bonds. The highest BCUT2D eigenvalue weighted by Crippen LogP contribution is 2.19. The van der Waals surface area contributed by atoms with Gasteiger partial charge in [0, 0.05) is 25.9 Å². The summed E-state index contributed by atoms with van der Waals surface area (Å²) in [4.78, 5) is 18.9. The summed E-state index contributed by atoms with van der Waals surface area (Å²) in [5.41, 5.74) is 3.07. The first-order valence-corrected chi connectivity index (χ1v) is 10.9. The van der Waals surface area contributed by atoms with Crippen molar-refractivity contribution >= 4 is 26.9 Å².